The molecule has 0 aliphatic heterocycles. The first-order valence-electron chi connectivity index (χ1n) is 5.07. The Hall–Kier alpha value is -1.03. The highest BCUT2D eigenvalue weighted by Crippen LogP contribution is 2.12. The van der Waals surface area contributed by atoms with Crippen molar-refractivity contribution in [2.45, 2.75) is 46.3 Å². The van der Waals surface area contributed by atoms with Crippen LogP contribution in [0.5, 0.6) is 0 Å². The molecule has 0 aliphatic carbocycles. The highest BCUT2D eigenvalue weighted by Gasteiger charge is 2.08. The van der Waals surface area contributed by atoms with Crippen molar-refractivity contribution in [3.05, 3.63) is 12.0 Å². The van der Waals surface area contributed by atoms with Gasteiger partial charge in [-0.15, -0.1) is 0 Å². The van der Waals surface area contributed by atoms with Crippen LogP contribution in [0.1, 0.15) is 39.6 Å². The Morgan fingerprint density at radius 1 is 1.43 bits per heavy atom. The molecule has 0 fully saturated rings. The number of aromatic nitrogens is 2. The number of hydrogen-bond acceptors (Lipinski definition) is 3. The van der Waals surface area contributed by atoms with Crippen LogP contribution in [-0.4, -0.2) is 15.6 Å². The van der Waals surface area contributed by atoms with Gasteiger partial charge in [0.05, 0.1) is 6.54 Å². The van der Waals surface area contributed by atoms with Gasteiger partial charge >= 0.3 is 0 Å². The van der Waals surface area contributed by atoms with E-state index in [9.17, 15) is 0 Å². The first kappa shape index (κ1) is 11.0. The van der Waals surface area contributed by atoms with Crippen molar-refractivity contribution in [2.75, 3.05) is 5.73 Å². The van der Waals surface area contributed by atoms with Crippen LogP contribution in [0.4, 0.5) is 5.82 Å². The highest BCUT2D eigenvalue weighted by atomic mass is 15.1. The smallest absolute Gasteiger partial charge is 0.141 e. The lowest BCUT2D eigenvalue weighted by Crippen LogP contribution is -2.24. The van der Waals surface area contributed by atoms with E-state index in [1.165, 1.54) is 0 Å². The summed E-state index contributed by atoms with van der Waals surface area (Å²) in [6.07, 6.45) is 1.89. The topological polar surface area (TPSA) is 55.9 Å². The number of rotatable bonds is 4. The number of nitrogens with zero attached hydrogens (tertiary/aromatic N) is 2. The van der Waals surface area contributed by atoms with E-state index in [0.29, 0.717) is 17.9 Å². The van der Waals surface area contributed by atoms with Crippen molar-refractivity contribution in [2.24, 2.45) is 0 Å². The number of imidazole rings is 1. The molecule has 1 rings (SSSR count). The van der Waals surface area contributed by atoms with Gasteiger partial charge in [0.2, 0.25) is 0 Å². The van der Waals surface area contributed by atoms with Crippen molar-refractivity contribution in [1.82, 2.24) is 14.9 Å². The summed E-state index contributed by atoms with van der Waals surface area (Å²) in [5.41, 5.74) is 5.66. The first-order chi connectivity index (χ1) is 6.50. The third-order valence-electron chi connectivity index (χ3n) is 2.05. The van der Waals surface area contributed by atoms with E-state index >= 15 is 0 Å². The van der Waals surface area contributed by atoms with E-state index < -0.39 is 0 Å². The van der Waals surface area contributed by atoms with Gasteiger partial charge in [0.1, 0.15) is 11.6 Å². The molecule has 80 valence electrons. The molecule has 1 aromatic heterocycles. The minimum atomic E-state index is 0.406. The fourth-order valence-electron chi connectivity index (χ4n) is 1.33. The van der Waals surface area contributed by atoms with E-state index in [4.69, 9.17) is 5.73 Å². The molecule has 0 atom stereocenters. The van der Waals surface area contributed by atoms with E-state index in [0.717, 1.165) is 12.4 Å². The van der Waals surface area contributed by atoms with Gasteiger partial charge in [-0.1, -0.05) is 13.8 Å². The van der Waals surface area contributed by atoms with Crippen LogP contribution < -0.4 is 11.1 Å². The van der Waals surface area contributed by atoms with Crippen molar-refractivity contribution in [3.8, 4) is 0 Å². The van der Waals surface area contributed by atoms with E-state index in [1.54, 1.807) is 0 Å². The minimum absolute atomic E-state index is 0.406. The summed E-state index contributed by atoms with van der Waals surface area (Å²) in [5.74, 6) is 1.60. The van der Waals surface area contributed by atoms with Gasteiger partial charge in [0.15, 0.2) is 0 Å². The van der Waals surface area contributed by atoms with Crippen LogP contribution >= 0.6 is 0 Å². The predicted molar refractivity (Wildman–Crippen MR) is 59.0 cm³/mol. The third-order valence-corrected chi connectivity index (χ3v) is 2.05. The van der Waals surface area contributed by atoms with E-state index in [2.05, 4.69) is 42.6 Å². The van der Waals surface area contributed by atoms with E-state index in [1.807, 2.05) is 6.20 Å². The molecule has 0 saturated heterocycles. The van der Waals surface area contributed by atoms with Gasteiger partial charge in [0, 0.05) is 18.3 Å². The Bertz CT molecular complexity index is 288. The summed E-state index contributed by atoms with van der Waals surface area (Å²) in [6, 6.07) is 0.872. The van der Waals surface area contributed by atoms with Crippen LogP contribution in [0.2, 0.25) is 0 Å². The van der Waals surface area contributed by atoms with Crippen LogP contribution in [0.25, 0.3) is 0 Å². The van der Waals surface area contributed by atoms with Crippen molar-refractivity contribution < 1.29 is 0 Å². The SMILES string of the molecule is CC(C)NCc1nc(N)cn1C(C)C. The Balaban J connectivity index is 2.74. The molecule has 4 heteroatoms. The second-order valence-corrected chi connectivity index (χ2v) is 4.12. The van der Waals surface area contributed by atoms with Crippen molar-refractivity contribution >= 4 is 5.82 Å². The second kappa shape index (κ2) is 4.46. The summed E-state index contributed by atoms with van der Waals surface area (Å²) < 4.78 is 2.10. The lowest BCUT2D eigenvalue weighted by atomic mass is 10.3. The van der Waals surface area contributed by atoms with Gasteiger partial charge in [-0.05, 0) is 13.8 Å². The quantitative estimate of drug-likeness (QED) is 0.768. The number of nitrogens with two attached hydrogens (primary N) is 1. The van der Waals surface area contributed by atoms with Gasteiger partial charge in [-0.25, -0.2) is 4.98 Å². The molecule has 0 spiro atoms. The normalized spacial score (nSPS) is 11.6. The Kier molecular flexibility index (Phi) is 3.52. The molecule has 4 nitrogen and oxygen atoms in total. The number of nitrogen functional groups attached to an aromatic ring is 1. The molecule has 0 bridgehead atoms. The highest BCUT2D eigenvalue weighted by molar-refractivity contribution is 5.26. The van der Waals surface area contributed by atoms with Crippen molar-refractivity contribution in [3.63, 3.8) is 0 Å². The number of nitrogens with one attached hydrogen (secondary N) is 1. The average Bonchev–Trinajstić information content (AvgIpc) is 2.43. The van der Waals surface area contributed by atoms with E-state index in [-0.39, 0.29) is 0 Å². The van der Waals surface area contributed by atoms with Crippen LogP contribution in [0, 0.1) is 0 Å². The number of hydrogen-bond donors (Lipinski definition) is 2. The zero-order valence-corrected chi connectivity index (χ0v) is 9.41. The molecular formula is C10H20N4. The first-order valence-corrected chi connectivity index (χ1v) is 5.07. The van der Waals surface area contributed by atoms with Crippen molar-refractivity contribution in [1.29, 1.82) is 0 Å². The van der Waals surface area contributed by atoms with Gasteiger partial charge in [0.25, 0.3) is 0 Å². The molecule has 0 radical (unpaired) electrons. The molecule has 1 aromatic rings. The molecule has 0 saturated carbocycles. The lowest BCUT2D eigenvalue weighted by Gasteiger charge is -2.12. The second-order valence-electron chi connectivity index (χ2n) is 4.12. The maximum absolute atomic E-state index is 5.66. The molecule has 0 aliphatic rings. The lowest BCUT2D eigenvalue weighted by molar-refractivity contribution is 0.515. The maximum Gasteiger partial charge on any atom is 0.141 e. The summed E-state index contributed by atoms with van der Waals surface area (Å²) in [6.45, 7) is 9.26. The van der Waals surface area contributed by atoms with Crippen LogP contribution in [0.3, 0.4) is 0 Å². The predicted octanol–water partition coefficient (Wildman–Crippen LogP) is 1.54. The summed E-state index contributed by atoms with van der Waals surface area (Å²) >= 11 is 0. The fourth-order valence-corrected chi connectivity index (χ4v) is 1.33. The minimum Gasteiger partial charge on any atom is -0.382 e. The molecular weight excluding hydrogens is 176 g/mol. The molecule has 3 N–H and O–H groups in total. The van der Waals surface area contributed by atoms with Crippen LogP contribution in [-0.2, 0) is 6.54 Å². The summed E-state index contributed by atoms with van der Waals surface area (Å²) in [5, 5.41) is 3.33. The van der Waals surface area contributed by atoms with Gasteiger partial charge < -0.3 is 15.6 Å². The standard InChI is InChI=1S/C10H20N4/c1-7(2)12-5-10-13-9(11)6-14(10)8(3)4/h6-8,12H,5,11H2,1-4H3. The zero-order valence-electron chi connectivity index (χ0n) is 9.41. The van der Waals surface area contributed by atoms with Gasteiger partial charge in [-0.3, -0.25) is 0 Å². The summed E-state index contributed by atoms with van der Waals surface area (Å²) in [7, 11) is 0. The Labute approximate surface area is 85.5 Å². The summed E-state index contributed by atoms with van der Waals surface area (Å²) in [4.78, 5) is 4.28. The molecule has 1 heterocycles. The fraction of sp³-hybridized carbons (Fsp3) is 0.700. The van der Waals surface area contributed by atoms with Crippen LogP contribution in [0.15, 0.2) is 6.20 Å². The Morgan fingerprint density at radius 2 is 2.07 bits per heavy atom. The molecule has 0 unspecified atom stereocenters. The molecule has 14 heavy (non-hydrogen) atoms. The molecule has 0 aromatic carbocycles. The largest absolute Gasteiger partial charge is 0.382 e. The average molecular weight is 196 g/mol. The maximum atomic E-state index is 5.66. The number of anilines is 1. The van der Waals surface area contributed by atoms with Gasteiger partial charge in [-0.2, -0.15) is 0 Å². The zero-order chi connectivity index (χ0) is 10.7. The molecule has 0 amide bonds. The third kappa shape index (κ3) is 2.73. The Morgan fingerprint density at radius 3 is 2.57 bits per heavy atom. The monoisotopic (exact) mass is 196 g/mol.